The second-order valence-corrected chi connectivity index (χ2v) is 9.06. The van der Waals surface area contributed by atoms with E-state index in [0.29, 0.717) is 13.1 Å². The molecule has 0 saturated carbocycles. The largest absolute Gasteiger partial charge is 0.308 e. The Morgan fingerprint density at radius 3 is 2.72 bits per heavy atom. The van der Waals surface area contributed by atoms with Crippen LogP contribution in [0.15, 0.2) is 18.3 Å². The fraction of sp³-hybridized carbons (Fsp3) is 0.625. The SMILES string of the molecule is CN(C)CCn1nc([C@@H]2CCN(S(=O)(=O)N(C)C)C2)c2cccnc21. The number of hydrogen-bond donors (Lipinski definition) is 0. The third-order valence-corrected chi connectivity index (χ3v) is 6.53. The molecule has 0 bridgehead atoms. The van der Waals surface area contributed by atoms with Crippen LogP contribution in [0.2, 0.25) is 0 Å². The maximum absolute atomic E-state index is 12.4. The summed E-state index contributed by atoms with van der Waals surface area (Å²) in [5, 5.41) is 5.82. The lowest BCUT2D eigenvalue weighted by atomic mass is 10.0. The molecule has 1 aliphatic rings. The number of likely N-dealkylation sites (N-methyl/N-ethyl adjacent to an activating group) is 1. The zero-order chi connectivity index (χ0) is 18.2. The molecule has 9 heteroatoms. The van der Waals surface area contributed by atoms with Gasteiger partial charge in [0, 0.05) is 51.2 Å². The van der Waals surface area contributed by atoms with E-state index in [1.54, 1.807) is 24.6 Å². The average molecular weight is 366 g/mol. The van der Waals surface area contributed by atoms with Crippen molar-refractivity contribution in [3.8, 4) is 0 Å². The average Bonchev–Trinajstić information content (AvgIpc) is 3.18. The molecule has 0 aliphatic carbocycles. The lowest BCUT2D eigenvalue weighted by Crippen LogP contribution is -2.38. The van der Waals surface area contributed by atoms with Crippen LogP contribution in [-0.4, -0.2) is 84.5 Å². The maximum Gasteiger partial charge on any atom is 0.281 e. The Hall–Kier alpha value is -1.55. The summed E-state index contributed by atoms with van der Waals surface area (Å²) in [6, 6.07) is 3.94. The van der Waals surface area contributed by atoms with Crippen molar-refractivity contribution < 1.29 is 8.42 Å². The predicted molar refractivity (Wildman–Crippen MR) is 97.6 cm³/mol. The van der Waals surface area contributed by atoms with Crippen LogP contribution in [0.3, 0.4) is 0 Å². The van der Waals surface area contributed by atoms with Gasteiger partial charge in [0.1, 0.15) is 0 Å². The highest BCUT2D eigenvalue weighted by Gasteiger charge is 2.35. The molecule has 1 fully saturated rings. The number of rotatable bonds is 6. The highest BCUT2D eigenvalue weighted by atomic mass is 32.2. The Balaban J connectivity index is 1.89. The van der Waals surface area contributed by atoms with Crippen LogP contribution in [0.4, 0.5) is 0 Å². The molecule has 1 atom stereocenters. The molecule has 0 radical (unpaired) electrons. The zero-order valence-electron chi connectivity index (χ0n) is 15.3. The highest BCUT2D eigenvalue weighted by Crippen LogP contribution is 2.32. The van der Waals surface area contributed by atoms with Crippen molar-refractivity contribution in [2.24, 2.45) is 0 Å². The van der Waals surface area contributed by atoms with Crippen molar-refractivity contribution in [2.45, 2.75) is 18.9 Å². The van der Waals surface area contributed by atoms with Crippen molar-refractivity contribution in [2.75, 3.05) is 47.8 Å². The van der Waals surface area contributed by atoms with Gasteiger partial charge in [-0.2, -0.15) is 22.1 Å². The second kappa shape index (κ2) is 6.99. The fourth-order valence-electron chi connectivity index (χ4n) is 3.18. The van der Waals surface area contributed by atoms with Crippen LogP contribution >= 0.6 is 0 Å². The van der Waals surface area contributed by atoms with Gasteiger partial charge in [-0.25, -0.2) is 9.67 Å². The zero-order valence-corrected chi connectivity index (χ0v) is 16.1. The second-order valence-electron chi connectivity index (χ2n) is 6.92. The van der Waals surface area contributed by atoms with E-state index in [-0.39, 0.29) is 5.92 Å². The van der Waals surface area contributed by atoms with Gasteiger partial charge in [0.2, 0.25) is 0 Å². The summed E-state index contributed by atoms with van der Waals surface area (Å²) in [5.41, 5.74) is 1.83. The lowest BCUT2D eigenvalue weighted by molar-refractivity contribution is 0.374. The molecule has 8 nitrogen and oxygen atoms in total. The normalized spacial score (nSPS) is 19.5. The van der Waals surface area contributed by atoms with E-state index in [0.717, 1.165) is 36.2 Å². The first kappa shape index (κ1) is 18.2. The summed E-state index contributed by atoms with van der Waals surface area (Å²) >= 11 is 0. The molecule has 0 aromatic carbocycles. The van der Waals surface area contributed by atoms with Crippen LogP contribution in [0.1, 0.15) is 18.0 Å². The summed E-state index contributed by atoms with van der Waals surface area (Å²) in [4.78, 5) is 6.60. The van der Waals surface area contributed by atoms with E-state index in [1.165, 1.54) is 4.31 Å². The van der Waals surface area contributed by atoms with E-state index >= 15 is 0 Å². The molecule has 3 heterocycles. The van der Waals surface area contributed by atoms with E-state index in [9.17, 15) is 8.42 Å². The first-order valence-corrected chi connectivity index (χ1v) is 9.84. The van der Waals surface area contributed by atoms with Gasteiger partial charge in [0.05, 0.1) is 12.2 Å². The van der Waals surface area contributed by atoms with E-state index in [4.69, 9.17) is 5.10 Å². The summed E-state index contributed by atoms with van der Waals surface area (Å²) < 4.78 is 29.5. The molecule has 1 saturated heterocycles. The number of hydrogen-bond acceptors (Lipinski definition) is 5. The molecule has 3 rings (SSSR count). The Morgan fingerprint density at radius 2 is 2.04 bits per heavy atom. The molecule has 0 amide bonds. The Labute approximate surface area is 149 Å². The molecule has 2 aromatic heterocycles. The molecule has 0 spiro atoms. The molecule has 1 aliphatic heterocycles. The van der Waals surface area contributed by atoms with E-state index < -0.39 is 10.2 Å². The van der Waals surface area contributed by atoms with Gasteiger partial charge in [-0.3, -0.25) is 0 Å². The molecule has 25 heavy (non-hydrogen) atoms. The van der Waals surface area contributed by atoms with Crippen molar-refractivity contribution in [1.29, 1.82) is 0 Å². The molecule has 138 valence electrons. The van der Waals surface area contributed by atoms with Crippen LogP contribution in [0.25, 0.3) is 11.0 Å². The maximum atomic E-state index is 12.4. The first-order valence-electron chi connectivity index (χ1n) is 8.44. The minimum absolute atomic E-state index is 0.0991. The van der Waals surface area contributed by atoms with Crippen molar-refractivity contribution in [3.05, 3.63) is 24.0 Å². The monoisotopic (exact) mass is 366 g/mol. The topological polar surface area (TPSA) is 74.6 Å². The third-order valence-electron chi connectivity index (χ3n) is 4.62. The van der Waals surface area contributed by atoms with Crippen molar-refractivity contribution in [1.82, 2.24) is 28.3 Å². The van der Waals surface area contributed by atoms with Gasteiger partial charge in [0.25, 0.3) is 10.2 Å². The van der Waals surface area contributed by atoms with E-state index in [1.807, 2.05) is 30.9 Å². The molecular weight excluding hydrogens is 340 g/mol. The number of aromatic nitrogens is 3. The van der Waals surface area contributed by atoms with Gasteiger partial charge in [0.15, 0.2) is 5.65 Å². The highest BCUT2D eigenvalue weighted by molar-refractivity contribution is 7.86. The molecule has 2 aromatic rings. The molecular formula is C16H26N6O2S. The van der Waals surface area contributed by atoms with Crippen LogP contribution in [0, 0.1) is 0 Å². The standard InChI is InChI=1S/C16H26N6O2S/c1-19(2)10-11-22-16-14(6-5-8-17-16)15(18-22)13-7-9-21(12-13)25(23,24)20(3)4/h5-6,8,13H,7,9-12H2,1-4H3/t13-/m1/s1. The summed E-state index contributed by atoms with van der Waals surface area (Å²) in [6.07, 6.45) is 2.55. The summed E-state index contributed by atoms with van der Waals surface area (Å²) in [6.45, 7) is 2.62. The number of nitrogens with zero attached hydrogens (tertiary/aromatic N) is 6. The van der Waals surface area contributed by atoms with Gasteiger partial charge in [-0.05, 0) is 32.6 Å². The third kappa shape index (κ3) is 3.55. The smallest absolute Gasteiger partial charge is 0.281 e. The predicted octanol–water partition coefficient (Wildman–Crippen LogP) is 0.589. The van der Waals surface area contributed by atoms with Gasteiger partial charge >= 0.3 is 0 Å². The molecule has 0 unspecified atom stereocenters. The van der Waals surface area contributed by atoms with E-state index in [2.05, 4.69) is 9.88 Å². The Kier molecular flexibility index (Phi) is 5.10. The first-order chi connectivity index (χ1) is 11.8. The van der Waals surface area contributed by atoms with Crippen molar-refractivity contribution >= 4 is 21.2 Å². The quantitative estimate of drug-likeness (QED) is 0.748. The Morgan fingerprint density at radius 1 is 1.28 bits per heavy atom. The van der Waals surface area contributed by atoms with Gasteiger partial charge in [-0.15, -0.1) is 0 Å². The molecule has 0 N–H and O–H groups in total. The van der Waals surface area contributed by atoms with Crippen LogP contribution in [0.5, 0.6) is 0 Å². The minimum Gasteiger partial charge on any atom is -0.308 e. The number of fused-ring (bicyclic) bond motifs is 1. The number of pyridine rings is 1. The van der Waals surface area contributed by atoms with Crippen molar-refractivity contribution in [3.63, 3.8) is 0 Å². The van der Waals surface area contributed by atoms with Gasteiger partial charge in [-0.1, -0.05) is 0 Å². The Bertz CT molecular complexity index is 845. The lowest BCUT2D eigenvalue weighted by Gasteiger charge is -2.20. The minimum atomic E-state index is -3.38. The fourth-order valence-corrected chi connectivity index (χ4v) is 4.34. The van der Waals surface area contributed by atoms with Gasteiger partial charge < -0.3 is 4.90 Å². The van der Waals surface area contributed by atoms with Crippen LogP contribution < -0.4 is 0 Å². The van der Waals surface area contributed by atoms with Crippen LogP contribution in [-0.2, 0) is 16.8 Å². The summed E-state index contributed by atoms with van der Waals surface area (Å²) in [5.74, 6) is 0.0991. The summed E-state index contributed by atoms with van der Waals surface area (Å²) in [7, 11) is 3.82.